The van der Waals surface area contributed by atoms with Gasteiger partial charge in [-0.25, -0.2) is 0 Å². The van der Waals surface area contributed by atoms with Gasteiger partial charge in [-0.2, -0.15) is 0 Å². The van der Waals surface area contributed by atoms with Crippen molar-refractivity contribution in [2.45, 2.75) is 20.3 Å². The first-order valence-corrected chi connectivity index (χ1v) is 6.34. The lowest BCUT2D eigenvalue weighted by Crippen LogP contribution is -2.30. The van der Waals surface area contributed by atoms with Crippen molar-refractivity contribution in [3.8, 4) is 0 Å². The first kappa shape index (κ1) is 15.2. The number of hydrogen-bond acceptors (Lipinski definition) is 3. The topological polar surface area (TPSA) is 98.2 Å². The molecule has 19 heavy (non-hydrogen) atoms. The third kappa shape index (κ3) is 4.71. The fraction of sp³-hybridized carbons (Fsp3) is 0.429. The minimum Gasteiger partial charge on any atom is -0.366 e. The maximum atomic E-state index is 12.1. The monoisotopic (exact) mass is 263 g/mol. The lowest BCUT2D eigenvalue weighted by Gasteiger charge is -2.17. The summed E-state index contributed by atoms with van der Waals surface area (Å²) in [5, 5.41) is 2.77. The van der Waals surface area contributed by atoms with Gasteiger partial charge < -0.3 is 16.8 Å². The number of nitrogens with one attached hydrogen (secondary N) is 1. The highest BCUT2D eigenvalue weighted by molar-refractivity contribution is 5.96. The number of hydrogen-bond donors (Lipinski definition) is 3. The van der Waals surface area contributed by atoms with E-state index in [1.54, 1.807) is 24.3 Å². The second kappa shape index (κ2) is 6.89. The van der Waals surface area contributed by atoms with Crippen LogP contribution in [-0.2, 0) is 4.79 Å². The highest BCUT2D eigenvalue weighted by atomic mass is 16.2. The Morgan fingerprint density at radius 3 is 2.53 bits per heavy atom. The third-order valence-electron chi connectivity index (χ3n) is 2.83. The summed E-state index contributed by atoms with van der Waals surface area (Å²) in [5.74, 6) is -0.472. The Morgan fingerprint density at radius 1 is 1.32 bits per heavy atom. The molecule has 0 heterocycles. The molecule has 1 rings (SSSR count). The van der Waals surface area contributed by atoms with Crippen molar-refractivity contribution >= 4 is 17.5 Å². The van der Waals surface area contributed by atoms with Crippen LogP contribution >= 0.6 is 0 Å². The molecule has 5 heteroatoms. The van der Waals surface area contributed by atoms with Crippen LogP contribution in [0, 0.1) is 11.8 Å². The SMILES string of the molecule is CC(C)CC(CN)C(=O)Nc1cccc(C(N)=O)c1. The second-order valence-corrected chi connectivity index (χ2v) is 5.00. The summed E-state index contributed by atoms with van der Waals surface area (Å²) in [6.45, 7) is 4.40. The fourth-order valence-electron chi connectivity index (χ4n) is 1.87. The highest BCUT2D eigenvalue weighted by Crippen LogP contribution is 2.15. The average Bonchev–Trinajstić information content (AvgIpc) is 2.35. The van der Waals surface area contributed by atoms with Crippen molar-refractivity contribution in [2.24, 2.45) is 23.3 Å². The number of rotatable bonds is 6. The molecule has 0 saturated carbocycles. The predicted octanol–water partition coefficient (Wildman–Crippen LogP) is 1.34. The van der Waals surface area contributed by atoms with Crippen molar-refractivity contribution in [1.82, 2.24) is 0 Å². The smallest absolute Gasteiger partial charge is 0.248 e. The summed E-state index contributed by atoms with van der Waals surface area (Å²) in [4.78, 5) is 23.1. The Bertz CT molecular complexity index is 458. The number of nitrogens with two attached hydrogens (primary N) is 2. The molecule has 0 aliphatic rings. The van der Waals surface area contributed by atoms with Gasteiger partial charge >= 0.3 is 0 Å². The van der Waals surface area contributed by atoms with Gasteiger partial charge in [0.15, 0.2) is 0 Å². The van der Waals surface area contributed by atoms with E-state index in [0.29, 0.717) is 23.7 Å². The van der Waals surface area contributed by atoms with Crippen molar-refractivity contribution in [3.63, 3.8) is 0 Å². The van der Waals surface area contributed by atoms with Gasteiger partial charge in [0.1, 0.15) is 0 Å². The van der Waals surface area contributed by atoms with Gasteiger partial charge in [0.2, 0.25) is 11.8 Å². The molecule has 1 atom stereocenters. The van der Waals surface area contributed by atoms with E-state index in [2.05, 4.69) is 5.32 Å². The van der Waals surface area contributed by atoms with Crippen molar-refractivity contribution < 1.29 is 9.59 Å². The molecular formula is C14H21N3O2. The van der Waals surface area contributed by atoms with Gasteiger partial charge in [0, 0.05) is 17.8 Å². The van der Waals surface area contributed by atoms with Crippen LogP contribution in [0.25, 0.3) is 0 Å². The van der Waals surface area contributed by atoms with Gasteiger partial charge in [0.05, 0.1) is 5.92 Å². The van der Waals surface area contributed by atoms with Gasteiger partial charge in [0.25, 0.3) is 0 Å². The number of benzene rings is 1. The summed E-state index contributed by atoms with van der Waals surface area (Å²) in [6, 6.07) is 6.55. The maximum Gasteiger partial charge on any atom is 0.248 e. The number of carbonyl (C=O) groups excluding carboxylic acids is 2. The van der Waals surface area contributed by atoms with Crippen molar-refractivity contribution in [2.75, 3.05) is 11.9 Å². The molecule has 5 N–H and O–H groups in total. The zero-order valence-corrected chi connectivity index (χ0v) is 11.3. The van der Waals surface area contributed by atoms with Gasteiger partial charge in [-0.1, -0.05) is 19.9 Å². The van der Waals surface area contributed by atoms with Crippen LogP contribution in [0.4, 0.5) is 5.69 Å². The standard InChI is InChI=1S/C14H21N3O2/c1-9(2)6-11(8-15)14(19)17-12-5-3-4-10(7-12)13(16)18/h3-5,7,9,11H,6,8,15H2,1-2H3,(H2,16,18)(H,17,19). The molecule has 0 aliphatic heterocycles. The van der Waals surface area contributed by atoms with E-state index in [9.17, 15) is 9.59 Å². The van der Waals surface area contributed by atoms with E-state index in [4.69, 9.17) is 11.5 Å². The van der Waals surface area contributed by atoms with E-state index in [-0.39, 0.29) is 11.8 Å². The summed E-state index contributed by atoms with van der Waals surface area (Å²) in [5.41, 5.74) is 11.7. The predicted molar refractivity (Wildman–Crippen MR) is 75.6 cm³/mol. The maximum absolute atomic E-state index is 12.1. The van der Waals surface area contributed by atoms with Crippen LogP contribution in [-0.4, -0.2) is 18.4 Å². The number of carbonyl (C=O) groups is 2. The zero-order valence-electron chi connectivity index (χ0n) is 11.3. The molecule has 5 nitrogen and oxygen atoms in total. The second-order valence-electron chi connectivity index (χ2n) is 5.00. The van der Waals surface area contributed by atoms with E-state index >= 15 is 0 Å². The number of amides is 2. The van der Waals surface area contributed by atoms with Crippen LogP contribution in [0.15, 0.2) is 24.3 Å². The van der Waals surface area contributed by atoms with Gasteiger partial charge in [-0.3, -0.25) is 9.59 Å². The van der Waals surface area contributed by atoms with Crippen LogP contribution < -0.4 is 16.8 Å². The van der Waals surface area contributed by atoms with Gasteiger partial charge in [-0.05, 0) is 30.5 Å². The molecular weight excluding hydrogens is 242 g/mol. The fourth-order valence-corrected chi connectivity index (χ4v) is 1.87. The van der Waals surface area contributed by atoms with Crippen molar-refractivity contribution in [1.29, 1.82) is 0 Å². The molecule has 2 amide bonds. The van der Waals surface area contributed by atoms with E-state index in [1.807, 2.05) is 13.8 Å². The summed E-state index contributed by atoms with van der Waals surface area (Å²) in [7, 11) is 0. The third-order valence-corrected chi connectivity index (χ3v) is 2.83. The summed E-state index contributed by atoms with van der Waals surface area (Å²) >= 11 is 0. The molecule has 0 radical (unpaired) electrons. The normalized spacial score (nSPS) is 12.2. The Balaban J connectivity index is 2.75. The molecule has 1 aromatic rings. The minimum absolute atomic E-state index is 0.127. The quantitative estimate of drug-likeness (QED) is 0.722. The minimum atomic E-state index is -0.520. The molecule has 0 spiro atoms. The molecule has 0 fully saturated rings. The van der Waals surface area contributed by atoms with E-state index < -0.39 is 5.91 Å². The largest absolute Gasteiger partial charge is 0.366 e. The number of anilines is 1. The number of primary amides is 1. The van der Waals surface area contributed by atoms with Crippen LogP contribution in [0.2, 0.25) is 0 Å². The lowest BCUT2D eigenvalue weighted by atomic mass is 9.96. The van der Waals surface area contributed by atoms with Crippen LogP contribution in [0.1, 0.15) is 30.6 Å². The van der Waals surface area contributed by atoms with E-state index in [0.717, 1.165) is 6.42 Å². The van der Waals surface area contributed by atoms with Crippen molar-refractivity contribution in [3.05, 3.63) is 29.8 Å². The van der Waals surface area contributed by atoms with E-state index in [1.165, 1.54) is 0 Å². The Morgan fingerprint density at radius 2 is 2.00 bits per heavy atom. The molecule has 1 unspecified atom stereocenters. The summed E-state index contributed by atoms with van der Waals surface area (Å²) in [6.07, 6.45) is 0.734. The summed E-state index contributed by atoms with van der Waals surface area (Å²) < 4.78 is 0. The molecule has 0 aliphatic carbocycles. The zero-order chi connectivity index (χ0) is 14.4. The van der Waals surface area contributed by atoms with Crippen LogP contribution in [0.5, 0.6) is 0 Å². The highest BCUT2D eigenvalue weighted by Gasteiger charge is 2.18. The Labute approximate surface area is 113 Å². The Kier molecular flexibility index (Phi) is 5.51. The van der Waals surface area contributed by atoms with Crippen LogP contribution in [0.3, 0.4) is 0 Å². The molecule has 104 valence electrons. The molecule has 1 aromatic carbocycles. The lowest BCUT2D eigenvalue weighted by molar-refractivity contribution is -0.120. The molecule has 0 bridgehead atoms. The van der Waals surface area contributed by atoms with Gasteiger partial charge in [-0.15, -0.1) is 0 Å². The molecule has 0 saturated heterocycles. The Hall–Kier alpha value is -1.88. The average molecular weight is 263 g/mol. The first-order valence-electron chi connectivity index (χ1n) is 6.34. The molecule has 0 aromatic heterocycles. The first-order chi connectivity index (χ1) is 8.93.